The van der Waals surface area contributed by atoms with Gasteiger partial charge in [0.25, 0.3) is 0 Å². The van der Waals surface area contributed by atoms with Crippen LogP contribution in [-0.4, -0.2) is 12.6 Å². The molecule has 0 amide bonds. The monoisotopic (exact) mass is 252 g/mol. The van der Waals surface area contributed by atoms with Gasteiger partial charge in [-0.15, -0.1) is 34.0 Å². The number of fused-ring (bicyclic) bond motifs is 3. The van der Waals surface area contributed by atoms with E-state index >= 15 is 0 Å². The van der Waals surface area contributed by atoms with Crippen LogP contribution in [0.3, 0.4) is 0 Å². The summed E-state index contributed by atoms with van der Waals surface area (Å²) in [5.74, 6) is 0. The van der Waals surface area contributed by atoms with Gasteiger partial charge in [-0.1, -0.05) is 0 Å². The summed E-state index contributed by atoms with van der Waals surface area (Å²) in [7, 11) is 0. The highest BCUT2D eigenvalue weighted by Crippen LogP contribution is 2.42. The molecule has 3 aromatic rings. The lowest BCUT2D eigenvalue weighted by Crippen LogP contribution is -1.62. The molecule has 0 aliphatic heterocycles. The van der Waals surface area contributed by atoms with E-state index in [0.29, 0.717) is 0 Å². The van der Waals surface area contributed by atoms with E-state index in [1.54, 1.807) is 11.3 Å². The van der Waals surface area contributed by atoms with Crippen LogP contribution in [-0.2, 0) is 0 Å². The van der Waals surface area contributed by atoms with Gasteiger partial charge in [-0.05, 0) is 12.1 Å². The zero-order valence-electron chi connectivity index (χ0n) is 7.35. The molecular weight excluding hydrogens is 248 g/mol. The van der Waals surface area contributed by atoms with E-state index in [2.05, 4.69) is 0 Å². The van der Waals surface area contributed by atoms with E-state index in [-0.39, 0.29) is 0 Å². The summed E-state index contributed by atoms with van der Waals surface area (Å²) in [6.07, 6.45) is 1.74. The van der Waals surface area contributed by atoms with E-state index in [9.17, 15) is 9.59 Å². The van der Waals surface area contributed by atoms with E-state index in [1.165, 1.54) is 22.7 Å². The average Bonchev–Trinajstić information content (AvgIpc) is 2.85. The molecule has 2 nitrogen and oxygen atoms in total. The lowest BCUT2D eigenvalue weighted by Gasteiger charge is -1.75. The quantitative estimate of drug-likeness (QED) is 0.650. The second-order valence-corrected chi connectivity index (χ2v) is 6.27. The Kier molecular flexibility index (Phi) is 1.98. The molecule has 0 bridgehead atoms. The normalized spacial score (nSPS) is 11.2. The maximum absolute atomic E-state index is 10.6. The first-order valence-corrected chi connectivity index (χ1v) is 6.63. The first kappa shape index (κ1) is 9.21. The van der Waals surface area contributed by atoms with Crippen LogP contribution in [0.25, 0.3) is 18.8 Å². The molecule has 0 atom stereocenters. The molecule has 0 saturated carbocycles. The Hall–Kier alpha value is -1.04. The maximum atomic E-state index is 10.6. The fraction of sp³-hybridized carbons (Fsp3) is 0. The van der Waals surface area contributed by atoms with Crippen LogP contribution in [0.1, 0.15) is 19.3 Å². The molecule has 0 aliphatic rings. The standard InChI is InChI=1S/C10H4O2S3/c11-3-5-1-7-9(13-5)10-8(15-7)2-6(4-12)14-10/h1-4H. The van der Waals surface area contributed by atoms with Crippen molar-refractivity contribution in [3.63, 3.8) is 0 Å². The van der Waals surface area contributed by atoms with E-state index < -0.39 is 0 Å². The first-order valence-electron chi connectivity index (χ1n) is 4.18. The van der Waals surface area contributed by atoms with Gasteiger partial charge in [0.05, 0.1) is 19.2 Å². The Morgan fingerprint density at radius 1 is 0.800 bits per heavy atom. The minimum atomic E-state index is 0.749. The molecule has 74 valence electrons. The van der Waals surface area contributed by atoms with Gasteiger partial charge in [0, 0.05) is 9.40 Å². The molecule has 3 aromatic heterocycles. The summed E-state index contributed by atoms with van der Waals surface area (Å²) in [5, 5.41) is 0. The van der Waals surface area contributed by atoms with Crippen molar-refractivity contribution in [1.29, 1.82) is 0 Å². The van der Waals surface area contributed by atoms with Crippen molar-refractivity contribution >= 4 is 65.4 Å². The third-order valence-corrected chi connectivity index (χ3v) is 5.72. The number of hydrogen-bond donors (Lipinski definition) is 0. The third kappa shape index (κ3) is 1.27. The predicted octanol–water partition coefficient (Wildman–Crippen LogP) is 3.80. The van der Waals surface area contributed by atoms with Gasteiger partial charge < -0.3 is 0 Å². The molecule has 0 radical (unpaired) electrons. The number of rotatable bonds is 2. The number of hydrogen-bond acceptors (Lipinski definition) is 5. The Bertz CT molecular complexity index is 614. The van der Waals surface area contributed by atoms with Crippen molar-refractivity contribution in [3.8, 4) is 0 Å². The Morgan fingerprint density at radius 2 is 1.27 bits per heavy atom. The Morgan fingerprint density at radius 3 is 1.67 bits per heavy atom. The topological polar surface area (TPSA) is 34.1 Å². The maximum Gasteiger partial charge on any atom is 0.160 e. The average molecular weight is 252 g/mol. The highest BCUT2D eigenvalue weighted by atomic mass is 32.1. The fourth-order valence-corrected chi connectivity index (χ4v) is 5.16. The van der Waals surface area contributed by atoms with Gasteiger partial charge in [-0.3, -0.25) is 9.59 Å². The van der Waals surface area contributed by atoms with Crippen LogP contribution in [0.15, 0.2) is 12.1 Å². The number of carbonyl (C=O) groups is 2. The summed E-state index contributed by atoms with van der Waals surface area (Å²) in [5.41, 5.74) is 0. The van der Waals surface area contributed by atoms with Crippen molar-refractivity contribution in [3.05, 3.63) is 21.9 Å². The summed E-state index contributed by atoms with van der Waals surface area (Å²) in [6, 6.07) is 3.82. The van der Waals surface area contributed by atoms with Crippen LogP contribution in [0.5, 0.6) is 0 Å². The lowest BCUT2D eigenvalue weighted by molar-refractivity contribution is 0.111. The summed E-state index contributed by atoms with van der Waals surface area (Å²) >= 11 is 4.63. The predicted molar refractivity (Wildman–Crippen MR) is 65.9 cm³/mol. The Labute approximate surface area is 96.8 Å². The van der Waals surface area contributed by atoms with Crippen LogP contribution in [0, 0.1) is 0 Å². The largest absolute Gasteiger partial charge is 0.297 e. The zero-order valence-corrected chi connectivity index (χ0v) is 9.80. The van der Waals surface area contributed by atoms with Gasteiger partial charge in [-0.2, -0.15) is 0 Å². The molecule has 5 heteroatoms. The van der Waals surface area contributed by atoms with Gasteiger partial charge in [0.15, 0.2) is 12.6 Å². The molecule has 0 aliphatic carbocycles. The number of thiophene rings is 3. The van der Waals surface area contributed by atoms with E-state index in [1.807, 2.05) is 12.1 Å². The summed E-state index contributed by atoms with van der Waals surface area (Å²) < 4.78 is 4.55. The zero-order chi connectivity index (χ0) is 10.4. The third-order valence-electron chi connectivity index (χ3n) is 2.09. The Balaban J connectivity index is 2.41. The van der Waals surface area contributed by atoms with Crippen LogP contribution < -0.4 is 0 Å². The molecule has 15 heavy (non-hydrogen) atoms. The fourth-order valence-electron chi connectivity index (χ4n) is 1.49. The van der Waals surface area contributed by atoms with Crippen LogP contribution in [0.2, 0.25) is 0 Å². The van der Waals surface area contributed by atoms with E-state index in [0.717, 1.165) is 41.1 Å². The van der Waals surface area contributed by atoms with Crippen molar-refractivity contribution in [2.24, 2.45) is 0 Å². The number of aldehydes is 2. The highest BCUT2D eigenvalue weighted by molar-refractivity contribution is 7.39. The molecule has 0 fully saturated rings. The smallest absolute Gasteiger partial charge is 0.160 e. The minimum Gasteiger partial charge on any atom is -0.297 e. The van der Waals surface area contributed by atoms with Crippen LogP contribution >= 0.6 is 34.0 Å². The first-order chi connectivity index (χ1) is 7.31. The second kappa shape index (κ2) is 3.23. The van der Waals surface area contributed by atoms with Crippen molar-refractivity contribution < 1.29 is 9.59 Å². The second-order valence-electron chi connectivity index (χ2n) is 3.02. The van der Waals surface area contributed by atoms with Gasteiger partial charge >= 0.3 is 0 Å². The summed E-state index contributed by atoms with van der Waals surface area (Å²) in [6.45, 7) is 0. The molecular formula is C10H4O2S3. The van der Waals surface area contributed by atoms with Gasteiger partial charge in [0.1, 0.15) is 0 Å². The van der Waals surface area contributed by atoms with Crippen molar-refractivity contribution in [1.82, 2.24) is 0 Å². The molecule has 3 rings (SSSR count). The lowest BCUT2D eigenvalue weighted by atomic mass is 10.4. The molecule has 0 N–H and O–H groups in total. The minimum absolute atomic E-state index is 0.749. The molecule has 3 heterocycles. The highest BCUT2D eigenvalue weighted by Gasteiger charge is 2.12. The van der Waals surface area contributed by atoms with Gasteiger partial charge in [-0.25, -0.2) is 0 Å². The molecule has 0 aromatic carbocycles. The SMILES string of the molecule is O=Cc1cc2sc3cc(C=O)sc3c2s1. The van der Waals surface area contributed by atoms with Crippen LogP contribution in [0.4, 0.5) is 0 Å². The van der Waals surface area contributed by atoms with Crippen molar-refractivity contribution in [2.75, 3.05) is 0 Å². The molecule has 0 saturated heterocycles. The summed E-state index contributed by atoms with van der Waals surface area (Å²) in [4.78, 5) is 22.8. The van der Waals surface area contributed by atoms with Gasteiger partial charge in [0.2, 0.25) is 0 Å². The van der Waals surface area contributed by atoms with Crippen molar-refractivity contribution in [2.45, 2.75) is 0 Å². The number of carbonyl (C=O) groups excluding carboxylic acids is 2. The van der Waals surface area contributed by atoms with E-state index in [4.69, 9.17) is 0 Å². The molecule has 0 unspecified atom stereocenters. The molecule has 0 spiro atoms.